The Hall–Kier alpha value is -4.73. The van der Waals surface area contributed by atoms with Gasteiger partial charge in [-0.05, 0) is 112 Å². The minimum absolute atomic E-state index is 0.480. The lowest BCUT2D eigenvalue weighted by Gasteiger charge is -2.38. The van der Waals surface area contributed by atoms with E-state index >= 15 is 0 Å². The molecule has 1 nitrogen and oxygen atoms in total. The van der Waals surface area contributed by atoms with Crippen LogP contribution in [0.2, 0.25) is 66.5 Å². The third kappa shape index (κ3) is 9.75. The lowest BCUT2D eigenvalue weighted by molar-refractivity contribution is 0.669. The third-order valence-electron chi connectivity index (χ3n) is 19.9. The van der Waals surface area contributed by atoms with E-state index in [0.717, 1.165) is 65.7 Å². The standard InChI is InChI=1S/C72H96OSi4/c1-45(2)74(46(3)4,47(5)6)41-37-61-57-29-25-27-31-59(57)65(39-43-76(51(13)14,52(15)16)53(17)18)69-63(61)33-35-67-71(69)72-68(73-67)36-34-64-62(38-42-75(48(7)8,49(9)10)50(11)12)58-30-26-28-32-60(58)66(70(64)72)40-44-77(54(19)20,55(21)22)56(23)24/h25-36,45-56H,1-24H3. The molecule has 0 saturated carbocycles. The van der Waals surface area contributed by atoms with Gasteiger partial charge in [-0.2, -0.15) is 0 Å². The molecule has 7 aromatic rings. The summed E-state index contributed by atoms with van der Waals surface area (Å²) in [6.07, 6.45) is 0. The van der Waals surface area contributed by atoms with Gasteiger partial charge >= 0.3 is 0 Å². The highest BCUT2D eigenvalue weighted by molar-refractivity contribution is 6.92. The van der Waals surface area contributed by atoms with Crippen LogP contribution in [0.5, 0.6) is 0 Å². The fourth-order valence-electron chi connectivity index (χ4n) is 16.2. The Kier molecular flexibility index (Phi) is 17.7. The van der Waals surface area contributed by atoms with Crippen LogP contribution in [0.1, 0.15) is 188 Å². The van der Waals surface area contributed by atoms with Gasteiger partial charge in [-0.15, -0.1) is 22.2 Å². The predicted molar refractivity (Wildman–Crippen MR) is 355 cm³/mol. The zero-order valence-corrected chi connectivity index (χ0v) is 56.3. The molecule has 1 aromatic heterocycles. The van der Waals surface area contributed by atoms with E-state index in [1.165, 1.54) is 21.5 Å². The van der Waals surface area contributed by atoms with Crippen LogP contribution in [0.15, 0.2) is 77.2 Å². The molecular weight excluding hydrogens is 993 g/mol. The van der Waals surface area contributed by atoms with Crippen molar-refractivity contribution in [2.75, 3.05) is 0 Å². The number of rotatable bonds is 12. The lowest BCUT2D eigenvalue weighted by atomic mass is 9.87. The predicted octanol–water partition coefficient (Wildman–Crippen LogP) is 22.5. The average Bonchev–Trinajstić information content (AvgIpc) is 4.01. The summed E-state index contributed by atoms with van der Waals surface area (Å²) in [5.41, 5.74) is 29.0. The van der Waals surface area contributed by atoms with Gasteiger partial charge in [-0.25, -0.2) is 0 Å². The van der Waals surface area contributed by atoms with E-state index < -0.39 is 32.3 Å². The quantitative estimate of drug-likeness (QED) is 0.0675. The van der Waals surface area contributed by atoms with Crippen molar-refractivity contribution in [1.82, 2.24) is 0 Å². The summed E-state index contributed by atoms with van der Waals surface area (Å²) in [5.74, 6) is 16.5. The Balaban J connectivity index is 1.88. The third-order valence-corrected chi connectivity index (χ3v) is 45.0. The van der Waals surface area contributed by atoms with E-state index in [1.54, 1.807) is 0 Å². The molecule has 0 aliphatic carbocycles. The van der Waals surface area contributed by atoms with Crippen LogP contribution in [0, 0.1) is 45.9 Å². The molecule has 0 N–H and O–H groups in total. The monoisotopic (exact) mass is 1090 g/mol. The molecule has 0 radical (unpaired) electrons. The smallest absolute Gasteiger partial charge is 0.146 e. The zero-order chi connectivity index (χ0) is 57.0. The van der Waals surface area contributed by atoms with Crippen molar-refractivity contribution < 1.29 is 4.42 Å². The summed E-state index contributed by atoms with van der Waals surface area (Å²) in [4.78, 5) is 0. The Labute approximate surface area is 472 Å². The van der Waals surface area contributed by atoms with Crippen molar-refractivity contribution in [3.63, 3.8) is 0 Å². The van der Waals surface area contributed by atoms with E-state index in [1.807, 2.05) is 0 Å². The van der Waals surface area contributed by atoms with Crippen LogP contribution < -0.4 is 0 Å². The molecule has 0 unspecified atom stereocenters. The molecule has 77 heavy (non-hydrogen) atoms. The molecule has 0 amide bonds. The molecule has 6 aromatic carbocycles. The highest BCUT2D eigenvalue weighted by Gasteiger charge is 2.45. The Bertz CT molecular complexity index is 3290. The molecule has 0 saturated heterocycles. The second kappa shape index (κ2) is 22.8. The average molecular weight is 1090 g/mol. The van der Waals surface area contributed by atoms with Crippen LogP contribution in [0.3, 0.4) is 0 Å². The van der Waals surface area contributed by atoms with E-state index in [9.17, 15) is 0 Å². The molecule has 0 atom stereocenters. The summed E-state index contributed by atoms with van der Waals surface area (Å²) >= 11 is 0. The SMILES string of the molecule is CC(C)[Si](C#Cc1c2ccccc2c(C#C[Si](C(C)C)(C(C)C)C(C)C)c2c1ccc1oc3ccc4c(C#C[Si](C(C)C)(C(C)C)C(C)C)c5ccccc5c(C#C[Si](C(C)C)(C(C)C)C(C)C)c4c3c12)(C(C)C)C(C)C. The first-order valence-corrected chi connectivity index (χ1v) is 38.9. The van der Waals surface area contributed by atoms with Crippen molar-refractivity contribution in [2.45, 2.75) is 233 Å². The summed E-state index contributed by atoms with van der Waals surface area (Å²) in [6.45, 7) is 58.2. The summed E-state index contributed by atoms with van der Waals surface area (Å²) < 4.78 is 7.28. The molecule has 1 heterocycles. The molecule has 0 aliphatic heterocycles. The number of benzene rings is 6. The molecule has 0 fully saturated rings. The first-order chi connectivity index (χ1) is 36.1. The summed E-state index contributed by atoms with van der Waals surface area (Å²) in [5, 5.41) is 11.5. The van der Waals surface area contributed by atoms with E-state index in [0.29, 0.717) is 66.5 Å². The fraction of sp³-hybridized carbons (Fsp3) is 0.500. The van der Waals surface area contributed by atoms with Crippen LogP contribution in [-0.4, -0.2) is 32.3 Å². The number of hydrogen-bond acceptors (Lipinski definition) is 1. The van der Waals surface area contributed by atoms with Gasteiger partial charge in [0, 0.05) is 54.6 Å². The van der Waals surface area contributed by atoms with Gasteiger partial charge in [0.25, 0.3) is 0 Å². The summed E-state index contributed by atoms with van der Waals surface area (Å²) in [7, 11) is -8.73. The molecule has 0 bridgehead atoms. The Morgan fingerprint density at radius 2 is 0.455 bits per heavy atom. The fourth-order valence-corrected chi connectivity index (χ4v) is 37.1. The van der Waals surface area contributed by atoms with Gasteiger partial charge in [-0.1, -0.05) is 238 Å². The second-order valence-corrected chi connectivity index (χ2v) is 49.3. The van der Waals surface area contributed by atoms with E-state index in [-0.39, 0.29) is 0 Å². The largest absolute Gasteiger partial charge is 0.456 e. The van der Waals surface area contributed by atoms with E-state index in [2.05, 4.69) is 285 Å². The summed E-state index contributed by atoms with van der Waals surface area (Å²) in [6, 6.07) is 27.2. The van der Waals surface area contributed by atoms with Gasteiger partial charge in [0.1, 0.15) is 43.5 Å². The molecule has 406 valence electrons. The van der Waals surface area contributed by atoms with Crippen molar-refractivity contribution in [3.8, 4) is 45.9 Å². The van der Waals surface area contributed by atoms with Crippen LogP contribution >= 0.6 is 0 Å². The first kappa shape index (κ1) is 59.9. The molecular formula is C72H96OSi4. The zero-order valence-electron chi connectivity index (χ0n) is 52.3. The maximum absolute atomic E-state index is 7.28. The topological polar surface area (TPSA) is 13.1 Å². The van der Waals surface area contributed by atoms with Gasteiger partial charge in [0.05, 0.1) is 0 Å². The number of hydrogen-bond donors (Lipinski definition) is 0. The van der Waals surface area contributed by atoms with Crippen LogP contribution in [0.4, 0.5) is 0 Å². The maximum Gasteiger partial charge on any atom is 0.146 e. The first-order valence-electron chi connectivity index (χ1n) is 30.0. The minimum atomic E-state index is -2.21. The van der Waals surface area contributed by atoms with Gasteiger partial charge < -0.3 is 4.42 Å². The van der Waals surface area contributed by atoms with Gasteiger partial charge in [0.15, 0.2) is 0 Å². The van der Waals surface area contributed by atoms with Crippen molar-refractivity contribution in [1.29, 1.82) is 0 Å². The minimum Gasteiger partial charge on any atom is -0.456 e. The Morgan fingerprint density at radius 1 is 0.247 bits per heavy atom. The molecule has 7 rings (SSSR count). The van der Waals surface area contributed by atoms with Crippen LogP contribution in [0.25, 0.3) is 65.0 Å². The maximum atomic E-state index is 7.28. The number of fused-ring (bicyclic) bond motifs is 9. The Morgan fingerprint density at radius 3 is 0.675 bits per heavy atom. The number of furan rings is 1. The van der Waals surface area contributed by atoms with E-state index in [4.69, 9.17) is 4.42 Å². The van der Waals surface area contributed by atoms with Crippen molar-refractivity contribution in [2.24, 2.45) is 0 Å². The van der Waals surface area contributed by atoms with Crippen LogP contribution in [-0.2, 0) is 0 Å². The second-order valence-electron chi connectivity index (χ2n) is 27.0. The molecule has 5 heteroatoms. The highest BCUT2D eigenvalue weighted by atomic mass is 28.3. The molecule has 0 aliphatic rings. The van der Waals surface area contributed by atoms with Gasteiger partial charge in [-0.3, -0.25) is 0 Å². The lowest BCUT2D eigenvalue weighted by Crippen LogP contribution is -2.43. The van der Waals surface area contributed by atoms with Crippen molar-refractivity contribution >= 4 is 97.3 Å². The van der Waals surface area contributed by atoms with Crippen molar-refractivity contribution in [3.05, 3.63) is 95.1 Å². The van der Waals surface area contributed by atoms with Gasteiger partial charge in [0.2, 0.25) is 0 Å². The highest BCUT2D eigenvalue weighted by Crippen LogP contribution is 2.49. The normalized spacial score (nSPS) is 13.1. The molecule has 0 spiro atoms.